The van der Waals surface area contributed by atoms with Crippen molar-refractivity contribution in [2.45, 2.75) is 12.5 Å². The number of nitrogens with zero attached hydrogens (tertiary/aromatic N) is 5. The van der Waals surface area contributed by atoms with Gasteiger partial charge in [-0.2, -0.15) is 5.10 Å². The molecular weight excluding hydrogens is 436 g/mol. The van der Waals surface area contributed by atoms with Crippen LogP contribution in [0, 0.1) is 0 Å². The van der Waals surface area contributed by atoms with Crippen LogP contribution in [0.2, 0.25) is 0 Å². The van der Waals surface area contributed by atoms with Gasteiger partial charge in [0.1, 0.15) is 23.2 Å². The van der Waals surface area contributed by atoms with Gasteiger partial charge in [0.25, 0.3) is 5.56 Å². The molecule has 1 atom stereocenters. The molecule has 11 heteroatoms. The van der Waals surface area contributed by atoms with E-state index in [1.807, 2.05) is 34.7 Å². The van der Waals surface area contributed by atoms with Crippen LogP contribution in [-0.4, -0.2) is 19.8 Å². The minimum atomic E-state index is -0.482. The van der Waals surface area contributed by atoms with Crippen molar-refractivity contribution in [2.24, 2.45) is 19.2 Å². The Morgan fingerprint density at radius 1 is 1.16 bits per heavy atom. The first kappa shape index (κ1) is 19.5. The first-order valence-corrected chi connectivity index (χ1v) is 11.2. The molecule has 0 saturated carbocycles. The van der Waals surface area contributed by atoms with Gasteiger partial charge in [-0.05, 0) is 23.6 Å². The molecule has 1 aliphatic rings. The van der Waals surface area contributed by atoms with Crippen LogP contribution in [0.5, 0.6) is 0 Å². The smallest absolute Gasteiger partial charge is 0.332 e. The molecule has 0 unspecified atom stereocenters. The number of nitrogens with two attached hydrogens (primary N) is 1. The lowest BCUT2D eigenvalue weighted by molar-refractivity contribution is 0.465. The van der Waals surface area contributed by atoms with Crippen LogP contribution in [0.15, 0.2) is 60.4 Å². The first-order chi connectivity index (χ1) is 15.0. The summed E-state index contributed by atoms with van der Waals surface area (Å²) in [5.41, 5.74) is 6.69. The van der Waals surface area contributed by atoms with Crippen molar-refractivity contribution in [1.82, 2.24) is 14.1 Å². The molecule has 0 fully saturated rings. The van der Waals surface area contributed by atoms with Crippen LogP contribution in [-0.2, 0) is 14.1 Å². The number of nitrogen functional groups attached to an aromatic ring is 1. The van der Waals surface area contributed by atoms with Crippen LogP contribution in [0.3, 0.4) is 0 Å². The molecule has 5 heterocycles. The second-order valence-corrected chi connectivity index (χ2v) is 8.87. The number of rotatable bonds is 4. The maximum absolute atomic E-state index is 12.7. The molecular formula is C20H18N6O3S2. The van der Waals surface area contributed by atoms with Gasteiger partial charge in [0, 0.05) is 25.9 Å². The number of anilines is 2. The van der Waals surface area contributed by atoms with Gasteiger partial charge in [-0.1, -0.05) is 6.07 Å². The van der Waals surface area contributed by atoms with Crippen molar-refractivity contribution in [3.8, 4) is 11.3 Å². The lowest BCUT2D eigenvalue weighted by Crippen LogP contribution is -2.39. The van der Waals surface area contributed by atoms with E-state index in [0.29, 0.717) is 17.2 Å². The SMILES string of the molecule is Cn1c(N)c(-c2csc(N3N=C(c4cccs4)C[C@H]3c3ccco3)n2)c(=O)n(C)c1=O. The zero-order valence-electron chi connectivity index (χ0n) is 16.7. The molecule has 0 saturated heterocycles. The van der Waals surface area contributed by atoms with Crippen molar-refractivity contribution in [2.75, 3.05) is 10.7 Å². The van der Waals surface area contributed by atoms with Gasteiger partial charge in [0.05, 0.1) is 22.5 Å². The average molecular weight is 455 g/mol. The predicted octanol–water partition coefficient (Wildman–Crippen LogP) is 2.80. The third kappa shape index (κ3) is 3.13. The third-order valence-corrected chi connectivity index (χ3v) is 6.99. The van der Waals surface area contributed by atoms with Crippen LogP contribution >= 0.6 is 22.7 Å². The maximum Gasteiger partial charge on any atom is 0.332 e. The Hall–Kier alpha value is -3.44. The Morgan fingerprint density at radius 3 is 2.71 bits per heavy atom. The van der Waals surface area contributed by atoms with E-state index in [9.17, 15) is 9.59 Å². The Kier molecular flexibility index (Phi) is 4.63. The summed E-state index contributed by atoms with van der Waals surface area (Å²) in [7, 11) is 2.95. The number of thiophene rings is 1. The molecule has 0 radical (unpaired) electrons. The Balaban J connectivity index is 1.60. The highest BCUT2D eigenvalue weighted by Gasteiger charge is 2.34. The third-order valence-electron chi connectivity index (χ3n) is 5.24. The van der Waals surface area contributed by atoms with E-state index in [0.717, 1.165) is 20.9 Å². The van der Waals surface area contributed by atoms with Crippen LogP contribution in [0.1, 0.15) is 23.1 Å². The van der Waals surface area contributed by atoms with Gasteiger partial charge in [0.15, 0.2) is 0 Å². The van der Waals surface area contributed by atoms with Crippen molar-refractivity contribution in [3.05, 3.63) is 72.8 Å². The van der Waals surface area contributed by atoms with Crippen molar-refractivity contribution in [1.29, 1.82) is 0 Å². The second-order valence-electron chi connectivity index (χ2n) is 7.09. The number of hydrazone groups is 1. The fraction of sp³-hybridized carbons (Fsp3) is 0.200. The van der Waals surface area contributed by atoms with E-state index >= 15 is 0 Å². The molecule has 4 aromatic rings. The number of furan rings is 1. The van der Waals surface area contributed by atoms with Crippen molar-refractivity contribution >= 4 is 39.3 Å². The topological polar surface area (TPSA) is 112 Å². The predicted molar refractivity (Wildman–Crippen MR) is 122 cm³/mol. The van der Waals surface area contributed by atoms with E-state index in [2.05, 4.69) is 4.98 Å². The molecule has 5 rings (SSSR count). The van der Waals surface area contributed by atoms with Gasteiger partial charge < -0.3 is 10.2 Å². The highest BCUT2D eigenvalue weighted by atomic mass is 32.1. The monoisotopic (exact) mass is 454 g/mol. The normalized spacial score (nSPS) is 16.1. The standard InChI is InChI=1S/C20H18N6O3S2/c1-24-17(21)16(18(27)25(2)20(24)28)12-10-31-19(22-12)26-13(14-5-3-7-29-14)9-11(23-26)15-6-4-8-30-15/h3-8,10,13H,9,21H2,1-2H3/t13-/m0/s1. The molecule has 9 nitrogen and oxygen atoms in total. The minimum absolute atomic E-state index is 0.0803. The Labute approximate surface area is 184 Å². The van der Waals surface area contributed by atoms with Crippen molar-refractivity contribution < 1.29 is 4.42 Å². The summed E-state index contributed by atoms with van der Waals surface area (Å²) < 4.78 is 7.93. The van der Waals surface area contributed by atoms with E-state index in [1.54, 1.807) is 23.0 Å². The summed E-state index contributed by atoms with van der Waals surface area (Å²) in [6.45, 7) is 0. The molecule has 31 heavy (non-hydrogen) atoms. The van der Waals surface area contributed by atoms with Gasteiger partial charge >= 0.3 is 5.69 Å². The number of hydrogen-bond acceptors (Lipinski definition) is 9. The lowest BCUT2D eigenvalue weighted by Gasteiger charge is -2.18. The van der Waals surface area contributed by atoms with Gasteiger partial charge in [0.2, 0.25) is 5.13 Å². The number of hydrogen-bond donors (Lipinski definition) is 1. The Morgan fingerprint density at radius 2 is 2.00 bits per heavy atom. The minimum Gasteiger partial charge on any atom is -0.467 e. The zero-order chi connectivity index (χ0) is 21.7. The molecule has 0 aliphatic carbocycles. The van der Waals surface area contributed by atoms with Gasteiger partial charge in [-0.15, -0.1) is 22.7 Å². The molecule has 0 bridgehead atoms. The van der Waals surface area contributed by atoms with Crippen LogP contribution < -0.4 is 22.0 Å². The van der Waals surface area contributed by atoms with Crippen LogP contribution in [0.25, 0.3) is 11.3 Å². The highest BCUT2D eigenvalue weighted by molar-refractivity contribution is 7.14. The quantitative estimate of drug-likeness (QED) is 0.508. The fourth-order valence-corrected chi connectivity index (χ4v) is 5.10. The van der Waals surface area contributed by atoms with E-state index in [1.165, 1.54) is 30.0 Å². The summed E-state index contributed by atoms with van der Waals surface area (Å²) in [6, 6.07) is 7.64. The number of thiazole rings is 1. The largest absolute Gasteiger partial charge is 0.467 e. The van der Waals surface area contributed by atoms with Crippen LogP contribution in [0.4, 0.5) is 10.9 Å². The summed E-state index contributed by atoms with van der Waals surface area (Å²) in [5.74, 6) is 0.862. The van der Waals surface area contributed by atoms with Gasteiger partial charge in [-0.3, -0.25) is 13.9 Å². The summed E-state index contributed by atoms with van der Waals surface area (Å²) in [6.07, 6.45) is 2.31. The summed E-state index contributed by atoms with van der Waals surface area (Å²) in [5, 5.41) is 11.0. The molecule has 2 N–H and O–H groups in total. The first-order valence-electron chi connectivity index (χ1n) is 9.41. The lowest BCUT2D eigenvalue weighted by atomic mass is 10.1. The zero-order valence-corrected chi connectivity index (χ0v) is 18.3. The van der Waals surface area contributed by atoms with E-state index in [4.69, 9.17) is 15.3 Å². The summed E-state index contributed by atoms with van der Waals surface area (Å²) >= 11 is 2.98. The average Bonchev–Trinajstić information content (AvgIpc) is 3.55. The Bertz CT molecular complexity index is 1400. The fourth-order valence-electron chi connectivity index (χ4n) is 3.57. The molecule has 0 aromatic carbocycles. The second kappa shape index (κ2) is 7.36. The molecule has 1 aliphatic heterocycles. The highest BCUT2D eigenvalue weighted by Crippen LogP contribution is 2.40. The van der Waals surface area contributed by atoms with E-state index in [-0.39, 0.29) is 17.4 Å². The molecule has 158 valence electrons. The molecule has 0 spiro atoms. The summed E-state index contributed by atoms with van der Waals surface area (Å²) in [4.78, 5) is 30.6. The van der Waals surface area contributed by atoms with Gasteiger partial charge in [-0.25, -0.2) is 14.8 Å². The van der Waals surface area contributed by atoms with E-state index < -0.39 is 11.2 Å². The molecule has 4 aromatic heterocycles. The van der Waals surface area contributed by atoms with Crippen molar-refractivity contribution in [3.63, 3.8) is 0 Å². The molecule has 0 amide bonds. The number of aromatic nitrogens is 3. The maximum atomic E-state index is 12.7.